The second kappa shape index (κ2) is 9.06. The quantitative estimate of drug-likeness (QED) is 0.619. The van der Waals surface area contributed by atoms with Crippen molar-refractivity contribution in [2.45, 2.75) is 26.9 Å². The minimum absolute atomic E-state index is 0.188. The van der Waals surface area contributed by atoms with Crippen molar-refractivity contribution >= 4 is 15.9 Å². The van der Waals surface area contributed by atoms with Crippen LogP contribution in [-0.4, -0.2) is 6.18 Å². The van der Waals surface area contributed by atoms with E-state index in [4.69, 9.17) is 0 Å². The zero-order chi connectivity index (χ0) is 11.6. The van der Waals surface area contributed by atoms with E-state index in [0.29, 0.717) is 0 Å². The summed E-state index contributed by atoms with van der Waals surface area (Å²) in [6, 6.07) is 9.97. The van der Waals surface area contributed by atoms with Gasteiger partial charge in [-0.15, -0.1) is 0 Å². The molecule has 0 fully saturated rings. The molecule has 82 valence electrons. The van der Waals surface area contributed by atoms with Gasteiger partial charge in [0.25, 0.3) is 0 Å². The van der Waals surface area contributed by atoms with Gasteiger partial charge in [0.15, 0.2) is 0 Å². The minimum Gasteiger partial charge on any atom is -0.172 e. The van der Waals surface area contributed by atoms with Crippen LogP contribution in [0.2, 0.25) is 0 Å². The van der Waals surface area contributed by atoms with Gasteiger partial charge in [0.05, 0.1) is 0 Å². The van der Waals surface area contributed by atoms with Crippen molar-refractivity contribution in [2.75, 3.05) is 0 Å². The Morgan fingerprint density at radius 1 is 1.00 bits per heavy atom. The van der Waals surface area contributed by atoms with E-state index in [9.17, 15) is 13.2 Å². The number of rotatable bonds is 0. The van der Waals surface area contributed by atoms with Gasteiger partial charge in [0.1, 0.15) is 0 Å². The first-order chi connectivity index (χ1) is 6.39. The summed E-state index contributed by atoms with van der Waals surface area (Å²) >= 11 is 3.31. The molecule has 0 aliphatic rings. The number of benzene rings is 1. The predicted octanol–water partition coefficient (Wildman–Crippen LogP) is 5.04. The summed E-state index contributed by atoms with van der Waals surface area (Å²) < 4.78 is 32.2. The van der Waals surface area contributed by atoms with Crippen LogP contribution < -0.4 is 0 Å². The molecule has 0 amide bonds. The number of hydrogen-bond acceptors (Lipinski definition) is 0. The van der Waals surface area contributed by atoms with Gasteiger partial charge in [0.2, 0.25) is 0 Å². The SMILES string of the molecule is Brc1ccccc1.CC.CC(F)(F)F. The van der Waals surface area contributed by atoms with Crippen LogP contribution in [0.3, 0.4) is 0 Å². The van der Waals surface area contributed by atoms with Crippen molar-refractivity contribution in [1.82, 2.24) is 0 Å². The summed E-state index contributed by atoms with van der Waals surface area (Å²) in [5, 5.41) is 0. The number of halogens is 4. The monoisotopic (exact) mass is 270 g/mol. The lowest BCUT2D eigenvalue weighted by atomic mass is 10.4. The Kier molecular flexibility index (Phi) is 10.3. The molecule has 1 aromatic rings. The van der Waals surface area contributed by atoms with Gasteiger partial charge in [-0.3, -0.25) is 0 Å². The van der Waals surface area contributed by atoms with Crippen molar-refractivity contribution in [3.8, 4) is 0 Å². The fraction of sp³-hybridized carbons (Fsp3) is 0.400. The molecule has 1 rings (SSSR count). The maximum atomic E-state index is 10.4. The lowest BCUT2D eigenvalue weighted by Gasteiger charge is -1.88. The van der Waals surface area contributed by atoms with Crippen LogP contribution in [0.15, 0.2) is 34.8 Å². The van der Waals surface area contributed by atoms with Crippen LogP contribution in [0.4, 0.5) is 13.2 Å². The average Bonchev–Trinajstić information content (AvgIpc) is 2.06. The van der Waals surface area contributed by atoms with Gasteiger partial charge in [-0.25, -0.2) is 0 Å². The third-order valence-corrected chi connectivity index (χ3v) is 1.26. The van der Waals surface area contributed by atoms with E-state index in [1.54, 1.807) is 0 Å². The second-order valence-corrected chi connectivity index (χ2v) is 2.99. The Morgan fingerprint density at radius 3 is 1.43 bits per heavy atom. The maximum absolute atomic E-state index is 10.4. The lowest BCUT2D eigenvalue weighted by Crippen LogP contribution is -1.95. The van der Waals surface area contributed by atoms with E-state index >= 15 is 0 Å². The van der Waals surface area contributed by atoms with Gasteiger partial charge in [-0.05, 0) is 12.1 Å². The standard InChI is InChI=1S/C6H5Br.C2H3F3.C2H6/c7-6-4-2-1-3-5-6;1-2(3,4)5;1-2/h1-5H;1H3;1-2H3. The van der Waals surface area contributed by atoms with E-state index in [1.807, 2.05) is 44.2 Å². The van der Waals surface area contributed by atoms with Crippen LogP contribution in [0, 0.1) is 0 Å². The van der Waals surface area contributed by atoms with Gasteiger partial charge in [-0.1, -0.05) is 48.0 Å². The summed E-state index contributed by atoms with van der Waals surface area (Å²) in [6.07, 6.45) is -4.00. The van der Waals surface area contributed by atoms with E-state index < -0.39 is 6.18 Å². The molecule has 0 saturated heterocycles. The highest BCUT2D eigenvalue weighted by molar-refractivity contribution is 9.10. The Labute approximate surface area is 91.3 Å². The fourth-order valence-electron chi connectivity index (χ4n) is 0.415. The molecule has 0 atom stereocenters. The zero-order valence-corrected chi connectivity index (χ0v) is 9.98. The van der Waals surface area contributed by atoms with Crippen molar-refractivity contribution in [2.24, 2.45) is 0 Å². The molecule has 0 saturated carbocycles. The fourth-order valence-corrected chi connectivity index (χ4v) is 0.720. The number of hydrogen-bond donors (Lipinski definition) is 0. The first-order valence-electron chi connectivity index (χ1n) is 4.17. The molecule has 0 bridgehead atoms. The molecule has 0 spiro atoms. The Hall–Kier alpha value is -0.510. The summed E-state index contributed by atoms with van der Waals surface area (Å²) in [6.45, 7) is 4.19. The first-order valence-corrected chi connectivity index (χ1v) is 4.96. The molecule has 0 radical (unpaired) electrons. The molecule has 0 nitrogen and oxygen atoms in total. The van der Waals surface area contributed by atoms with Gasteiger partial charge in [0, 0.05) is 11.4 Å². The minimum atomic E-state index is -4.00. The van der Waals surface area contributed by atoms with Crippen LogP contribution in [-0.2, 0) is 0 Å². The summed E-state index contributed by atoms with van der Waals surface area (Å²) in [5.74, 6) is 0. The molecule has 0 unspecified atom stereocenters. The van der Waals surface area contributed by atoms with Crippen LogP contribution in [0.5, 0.6) is 0 Å². The number of alkyl halides is 3. The molecule has 0 heterocycles. The topological polar surface area (TPSA) is 0 Å². The highest BCUT2D eigenvalue weighted by atomic mass is 79.9. The highest BCUT2D eigenvalue weighted by Gasteiger charge is 2.15. The van der Waals surface area contributed by atoms with Crippen molar-refractivity contribution in [3.05, 3.63) is 34.8 Å². The van der Waals surface area contributed by atoms with Crippen LogP contribution in [0.1, 0.15) is 20.8 Å². The molecule has 0 aromatic heterocycles. The zero-order valence-electron chi connectivity index (χ0n) is 8.40. The molecule has 4 heteroatoms. The lowest BCUT2D eigenvalue weighted by molar-refractivity contribution is -0.110. The van der Waals surface area contributed by atoms with E-state index in [1.165, 1.54) is 0 Å². The molecule has 0 aliphatic heterocycles. The third kappa shape index (κ3) is 22.5. The molecular weight excluding hydrogens is 257 g/mol. The van der Waals surface area contributed by atoms with Crippen LogP contribution >= 0.6 is 15.9 Å². The Bertz CT molecular complexity index is 200. The Morgan fingerprint density at radius 2 is 1.29 bits per heavy atom. The second-order valence-electron chi connectivity index (χ2n) is 2.08. The van der Waals surface area contributed by atoms with E-state index in [-0.39, 0.29) is 6.92 Å². The van der Waals surface area contributed by atoms with Crippen LogP contribution in [0.25, 0.3) is 0 Å². The predicted molar refractivity (Wildman–Crippen MR) is 57.2 cm³/mol. The largest absolute Gasteiger partial charge is 0.386 e. The smallest absolute Gasteiger partial charge is 0.172 e. The first kappa shape index (κ1) is 15.9. The van der Waals surface area contributed by atoms with Crippen molar-refractivity contribution in [1.29, 1.82) is 0 Å². The Balaban J connectivity index is 0. The van der Waals surface area contributed by atoms with Crippen molar-refractivity contribution in [3.63, 3.8) is 0 Å². The molecule has 0 N–H and O–H groups in total. The van der Waals surface area contributed by atoms with E-state index in [0.717, 1.165) is 4.47 Å². The van der Waals surface area contributed by atoms with Gasteiger partial charge in [-0.2, -0.15) is 13.2 Å². The van der Waals surface area contributed by atoms with Gasteiger partial charge < -0.3 is 0 Å². The highest BCUT2D eigenvalue weighted by Crippen LogP contribution is 2.10. The summed E-state index contributed by atoms with van der Waals surface area (Å²) in [5.41, 5.74) is 0. The summed E-state index contributed by atoms with van der Waals surface area (Å²) in [7, 11) is 0. The molecule has 0 aliphatic carbocycles. The summed E-state index contributed by atoms with van der Waals surface area (Å²) in [4.78, 5) is 0. The van der Waals surface area contributed by atoms with Crippen molar-refractivity contribution < 1.29 is 13.2 Å². The maximum Gasteiger partial charge on any atom is 0.386 e. The molecular formula is C10H14BrF3. The molecule has 14 heavy (non-hydrogen) atoms. The van der Waals surface area contributed by atoms with Gasteiger partial charge >= 0.3 is 6.18 Å². The molecule has 1 aromatic carbocycles. The van der Waals surface area contributed by atoms with E-state index in [2.05, 4.69) is 15.9 Å². The normalized spacial score (nSPS) is 9.07. The third-order valence-electron chi connectivity index (χ3n) is 0.733. The average molecular weight is 271 g/mol.